The molecule has 0 saturated carbocycles. The van der Waals surface area contributed by atoms with Gasteiger partial charge < -0.3 is 9.30 Å². The van der Waals surface area contributed by atoms with Gasteiger partial charge in [-0.3, -0.25) is 9.59 Å². The van der Waals surface area contributed by atoms with Crippen LogP contribution in [0.25, 0.3) is 10.2 Å². The summed E-state index contributed by atoms with van der Waals surface area (Å²) in [7, 11) is 0. The van der Waals surface area contributed by atoms with Gasteiger partial charge >= 0.3 is 5.97 Å². The van der Waals surface area contributed by atoms with E-state index in [1.807, 2.05) is 32.0 Å². The molecule has 0 N–H and O–H groups in total. The number of esters is 1. The number of hydrogen-bond acceptors (Lipinski definition) is 4. The van der Waals surface area contributed by atoms with Crippen molar-refractivity contribution in [1.82, 2.24) is 4.57 Å². The number of halogens is 1. The molecule has 0 aliphatic rings. The fraction of sp³-hybridized carbons (Fsp3) is 0.250. The maximum absolute atomic E-state index is 12.7. The number of benzene rings is 2. The van der Waals surface area contributed by atoms with E-state index >= 15 is 0 Å². The smallest absolute Gasteiger partial charge is 0.326 e. The van der Waals surface area contributed by atoms with Crippen LogP contribution < -0.4 is 4.80 Å². The van der Waals surface area contributed by atoms with E-state index in [9.17, 15) is 9.59 Å². The summed E-state index contributed by atoms with van der Waals surface area (Å²) in [5, 5.41) is 0.582. The van der Waals surface area contributed by atoms with Gasteiger partial charge in [-0.15, -0.1) is 0 Å². The second-order valence-electron chi connectivity index (χ2n) is 6.10. The number of thiazole rings is 1. The summed E-state index contributed by atoms with van der Waals surface area (Å²) >= 11 is 7.39. The maximum atomic E-state index is 12.7. The molecule has 1 aromatic heterocycles. The predicted octanol–water partition coefficient (Wildman–Crippen LogP) is 4.28. The molecular weight excluding hydrogens is 384 g/mol. The van der Waals surface area contributed by atoms with Crippen LogP contribution in [0.4, 0.5) is 0 Å². The lowest BCUT2D eigenvalue weighted by molar-refractivity contribution is -0.143. The molecule has 0 aliphatic carbocycles. The van der Waals surface area contributed by atoms with Crippen LogP contribution in [0.2, 0.25) is 5.02 Å². The van der Waals surface area contributed by atoms with Crippen LogP contribution in [0.15, 0.2) is 41.4 Å². The third kappa shape index (κ3) is 4.28. The van der Waals surface area contributed by atoms with Gasteiger partial charge in [0, 0.05) is 10.6 Å². The Morgan fingerprint density at radius 1 is 1.15 bits per heavy atom. The highest BCUT2D eigenvalue weighted by atomic mass is 35.5. The zero-order valence-electron chi connectivity index (χ0n) is 15.3. The topological polar surface area (TPSA) is 60.7 Å². The minimum Gasteiger partial charge on any atom is -0.465 e. The molecule has 5 nitrogen and oxygen atoms in total. The largest absolute Gasteiger partial charge is 0.465 e. The average molecular weight is 403 g/mol. The summed E-state index contributed by atoms with van der Waals surface area (Å²) in [5.74, 6) is -0.736. The Labute approximate surface area is 165 Å². The van der Waals surface area contributed by atoms with Crippen molar-refractivity contribution in [3.8, 4) is 0 Å². The SMILES string of the molecule is CCOC(=O)Cn1c(=NC(=O)c2ccc(C)c(C)c2)sc2cc(Cl)ccc21. The number of aryl methyl sites for hydroxylation is 2. The first kappa shape index (κ1) is 19.3. The van der Waals surface area contributed by atoms with Crippen molar-refractivity contribution in [3.63, 3.8) is 0 Å². The Morgan fingerprint density at radius 3 is 2.63 bits per heavy atom. The van der Waals surface area contributed by atoms with E-state index in [0.29, 0.717) is 22.0 Å². The van der Waals surface area contributed by atoms with Crippen LogP contribution in [-0.2, 0) is 16.1 Å². The van der Waals surface area contributed by atoms with Crippen LogP contribution in [0, 0.1) is 13.8 Å². The zero-order chi connectivity index (χ0) is 19.6. The average Bonchev–Trinajstić information content (AvgIpc) is 2.93. The molecule has 7 heteroatoms. The molecule has 0 spiro atoms. The molecule has 3 aromatic rings. The first-order valence-electron chi connectivity index (χ1n) is 8.50. The van der Waals surface area contributed by atoms with E-state index in [-0.39, 0.29) is 18.4 Å². The summed E-state index contributed by atoms with van der Waals surface area (Å²) in [6.07, 6.45) is 0. The number of carbonyl (C=O) groups excluding carboxylic acids is 2. The highest BCUT2D eigenvalue weighted by Crippen LogP contribution is 2.22. The summed E-state index contributed by atoms with van der Waals surface area (Å²) in [5.41, 5.74) is 3.43. The molecule has 0 unspecified atom stereocenters. The summed E-state index contributed by atoms with van der Waals surface area (Å²) in [6.45, 7) is 5.97. The minimum absolute atomic E-state index is 0.0193. The van der Waals surface area contributed by atoms with Gasteiger partial charge in [0.25, 0.3) is 5.91 Å². The first-order chi connectivity index (χ1) is 12.9. The molecule has 3 rings (SSSR count). The molecule has 0 aliphatic heterocycles. The van der Waals surface area contributed by atoms with Crippen LogP contribution in [-0.4, -0.2) is 23.1 Å². The van der Waals surface area contributed by atoms with Crippen molar-refractivity contribution in [3.05, 3.63) is 62.9 Å². The fourth-order valence-corrected chi connectivity index (χ4v) is 3.95. The van der Waals surface area contributed by atoms with E-state index in [1.54, 1.807) is 29.7 Å². The third-order valence-electron chi connectivity index (χ3n) is 4.19. The van der Waals surface area contributed by atoms with Crippen LogP contribution in [0.1, 0.15) is 28.4 Å². The zero-order valence-corrected chi connectivity index (χ0v) is 16.9. The molecule has 2 aromatic carbocycles. The molecule has 0 radical (unpaired) electrons. The number of hydrogen-bond donors (Lipinski definition) is 0. The second-order valence-corrected chi connectivity index (χ2v) is 7.55. The van der Waals surface area contributed by atoms with Crippen molar-refractivity contribution < 1.29 is 14.3 Å². The van der Waals surface area contributed by atoms with Crippen LogP contribution in [0.5, 0.6) is 0 Å². The summed E-state index contributed by atoms with van der Waals surface area (Å²) in [4.78, 5) is 29.4. The van der Waals surface area contributed by atoms with Gasteiger partial charge in [0.05, 0.1) is 16.8 Å². The van der Waals surface area contributed by atoms with Gasteiger partial charge in [0.2, 0.25) is 0 Å². The van der Waals surface area contributed by atoms with E-state index < -0.39 is 0 Å². The Morgan fingerprint density at radius 2 is 1.93 bits per heavy atom. The molecule has 0 bridgehead atoms. The Bertz CT molecular complexity index is 1100. The fourth-order valence-electron chi connectivity index (χ4n) is 2.65. The van der Waals surface area contributed by atoms with Crippen molar-refractivity contribution in [2.75, 3.05) is 6.61 Å². The number of fused-ring (bicyclic) bond motifs is 1. The lowest BCUT2D eigenvalue weighted by Crippen LogP contribution is -2.23. The predicted molar refractivity (Wildman–Crippen MR) is 107 cm³/mol. The number of rotatable bonds is 4. The maximum Gasteiger partial charge on any atom is 0.326 e. The molecule has 0 fully saturated rings. The molecule has 0 atom stereocenters. The van der Waals surface area contributed by atoms with Gasteiger partial charge in [-0.2, -0.15) is 4.99 Å². The minimum atomic E-state index is -0.382. The number of ether oxygens (including phenoxy) is 1. The van der Waals surface area contributed by atoms with Gasteiger partial charge in [-0.05, 0) is 62.2 Å². The lowest BCUT2D eigenvalue weighted by atomic mass is 10.1. The molecule has 27 heavy (non-hydrogen) atoms. The van der Waals surface area contributed by atoms with Crippen molar-refractivity contribution in [2.45, 2.75) is 27.3 Å². The monoisotopic (exact) mass is 402 g/mol. The van der Waals surface area contributed by atoms with E-state index in [1.165, 1.54) is 11.3 Å². The normalized spacial score (nSPS) is 11.8. The molecular formula is C20H19ClN2O3S. The molecule has 0 saturated heterocycles. The van der Waals surface area contributed by atoms with Crippen LogP contribution >= 0.6 is 22.9 Å². The first-order valence-corrected chi connectivity index (χ1v) is 9.69. The number of nitrogens with zero attached hydrogens (tertiary/aromatic N) is 2. The Hall–Kier alpha value is -2.44. The number of aromatic nitrogens is 1. The highest BCUT2D eigenvalue weighted by molar-refractivity contribution is 7.16. The summed E-state index contributed by atoms with van der Waals surface area (Å²) < 4.78 is 7.59. The van der Waals surface area contributed by atoms with E-state index in [2.05, 4.69) is 4.99 Å². The van der Waals surface area contributed by atoms with Crippen LogP contribution in [0.3, 0.4) is 0 Å². The van der Waals surface area contributed by atoms with Crippen molar-refractivity contribution >= 4 is 45.0 Å². The second kappa shape index (κ2) is 8.06. The van der Waals surface area contributed by atoms with Gasteiger partial charge in [0.1, 0.15) is 6.54 Å². The Balaban J connectivity index is 2.10. The summed E-state index contributed by atoms with van der Waals surface area (Å²) in [6, 6.07) is 10.8. The Kier molecular flexibility index (Phi) is 5.77. The quantitative estimate of drug-likeness (QED) is 0.612. The van der Waals surface area contributed by atoms with Gasteiger partial charge in [-0.1, -0.05) is 29.0 Å². The lowest BCUT2D eigenvalue weighted by Gasteiger charge is -2.05. The molecule has 140 valence electrons. The van der Waals surface area contributed by atoms with Gasteiger partial charge in [0.15, 0.2) is 4.80 Å². The number of amides is 1. The van der Waals surface area contributed by atoms with Crippen molar-refractivity contribution in [1.29, 1.82) is 0 Å². The van der Waals surface area contributed by atoms with E-state index in [0.717, 1.165) is 21.3 Å². The standard InChI is InChI=1S/C20H19ClN2O3S/c1-4-26-18(24)11-23-16-8-7-15(21)10-17(16)27-20(23)22-19(25)14-6-5-12(2)13(3)9-14/h5-10H,4,11H2,1-3H3. The van der Waals surface area contributed by atoms with Gasteiger partial charge in [-0.25, -0.2) is 0 Å². The highest BCUT2D eigenvalue weighted by Gasteiger charge is 2.13. The third-order valence-corrected chi connectivity index (χ3v) is 5.46. The van der Waals surface area contributed by atoms with Crippen molar-refractivity contribution in [2.24, 2.45) is 4.99 Å². The molecule has 1 heterocycles. The molecule has 1 amide bonds. The number of carbonyl (C=O) groups is 2. The van der Waals surface area contributed by atoms with E-state index in [4.69, 9.17) is 16.3 Å².